The van der Waals surface area contributed by atoms with Gasteiger partial charge in [-0.3, -0.25) is 14.5 Å². The lowest BCUT2D eigenvalue weighted by molar-refractivity contribution is -0.139. The zero-order chi connectivity index (χ0) is 33.2. The van der Waals surface area contributed by atoms with Crippen molar-refractivity contribution in [2.75, 3.05) is 76.7 Å². The molecule has 1 atom stereocenters. The second-order valence-corrected chi connectivity index (χ2v) is 13.6. The van der Waals surface area contributed by atoms with Crippen LogP contribution in [0.1, 0.15) is 23.2 Å². The largest absolute Gasteiger partial charge is 0.497 e. The number of halogens is 5. The third kappa shape index (κ3) is 8.22. The number of piperazine rings is 1. The van der Waals surface area contributed by atoms with Crippen LogP contribution in [0.2, 0.25) is 0 Å². The van der Waals surface area contributed by atoms with E-state index in [1.54, 1.807) is 12.0 Å². The Morgan fingerprint density at radius 3 is 2.57 bits per heavy atom. The molecule has 4 heterocycles. The van der Waals surface area contributed by atoms with Gasteiger partial charge in [0, 0.05) is 111 Å². The maximum absolute atomic E-state index is 14.0. The molecule has 256 valence electrons. The SMILES string of the molecule is COc1cccc(N2CCN(CC(O)Cn3nc(-c4ccc(C(F)(F)F)c(SCCN5CCC(F)(F)C5)c4)c4c3CCNC4)CC2)c1. The van der Waals surface area contributed by atoms with Crippen LogP contribution in [0.25, 0.3) is 11.3 Å². The fourth-order valence-corrected chi connectivity index (χ4v) is 7.78. The Hall–Kier alpha value is -2.91. The first-order chi connectivity index (χ1) is 22.5. The van der Waals surface area contributed by atoms with Crippen LogP contribution in [0.15, 0.2) is 47.4 Å². The van der Waals surface area contributed by atoms with E-state index in [2.05, 4.69) is 21.2 Å². The molecule has 0 aliphatic carbocycles. The van der Waals surface area contributed by atoms with Crippen molar-refractivity contribution in [1.29, 1.82) is 0 Å². The number of benzene rings is 2. The standard InChI is InChI=1S/C33H41F5N6O2S/c1-46-26-4-2-3-24(18-26)43-13-11-41(12-14-43)20-25(45)21-44-29-7-9-39-19-27(29)31(40-44)23-5-6-28(33(36,37)38)30(17-23)47-16-15-42-10-8-32(34,35)22-42/h2-6,17-18,25,39,45H,7-16,19-22H2,1H3. The molecule has 3 aliphatic rings. The number of aliphatic hydroxyl groups excluding tert-OH is 1. The number of methoxy groups -OCH3 is 1. The highest BCUT2D eigenvalue weighted by Crippen LogP contribution is 2.40. The first kappa shape index (κ1) is 34.0. The molecule has 8 nitrogen and oxygen atoms in total. The van der Waals surface area contributed by atoms with Crippen LogP contribution in [0.4, 0.5) is 27.6 Å². The van der Waals surface area contributed by atoms with Gasteiger partial charge in [0.25, 0.3) is 5.92 Å². The second-order valence-electron chi connectivity index (χ2n) is 12.5. The molecule has 0 amide bonds. The van der Waals surface area contributed by atoms with Crippen LogP contribution in [0.3, 0.4) is 0 Å². The number of rotatable bonds is 11. The van der Waals surface area contributed by atoms with Crippen LogP contribution in [0.5, 0.6) is 5.75 Å². The number of aliphatic hydroxyl groups is 1. The van der Waals surface area contributed by atoms with Gasteiger partial charge in [0.1, 0.15) is 5.75 Å². The molecule has 1 unspecified atom stereocenters. The molecule has 0 bridgehead atoms. The summed E-state index contributed by atoms with van der Waals surface area (Å²) in [5, 5.41) is 19.3. The number of nitrogens with one attached hydrogen (secondary N) is 1. The number of anilines is 1. The number of aromatic nitrogens is 2. The maximum Gasteiger partial charge on any atom is 0.417 e. The lowest BCUT2D eigenvalue weighted by Gasteiger charge is -2.37. The third-order valence-corrected chi connectivity index (χ3v) is 10.2. The Labute approximate surface area is 275 Å². The Bertz CT molecular complexity index is 1530. The Kier molecular flexibility index (Phi) is 10.3. The van der Waals surface area contributed by atoms with Gasteiger partial charge >= 0.3 is 6.18 Å². The van der Waals surface area contributed by atoms with Gasteiger partial charge in [-0.15, -0.1) is 11.8 Å². The first-order valence-corrected chi connectivity index (χ1v) is 17.0. The Morgan fingerprint density at radius 2 is 1.85 bits per heavy atom. The number of fused-ring (bicyclic) bond motifs is 1. The average Bonchev–Trinajstić information content (AvgIpc) is 3.59. The zero-order valence-corrected chi connectivity index (χ0v) is 27.2. The summed E-state index contributed by atoms with van der Waals surface area (Å²) in [5.74, 6) is -1.67. The molecule has 2 fully saturated rings. The smallest absolute Gasteiger partial charge is 0.417 e. The van der Waals surface area contributed by atoms with Crippen LogP contribution in [0, 0.1) is 0 Å². The number of hydrogen-bond acceptors (Lipinski definition) is 8. The van der Waals surface area contributed by atoms with Crippen LogP contribution >= 0.6 is 11.8 Å². The third-order valence-electron chi connectivity index (χ3n) is 9.12. The molecule has 2 aromatic carbocycles. The zero-order valence-electron chi connectivity index (χ0n) is 26.4. The summed E-state index contributed by atoms with van der Waals surface area (Å²) in [6.07, 6.45) is -4.76. The van der Waals surface area contributed by atoms with E-state index in [-0.39, 0.29) is 43.2 Å². The van der Waals surface area contributed by atoms with E-state index in [1.807, 2.05) is 22.9 Å². The summed E-state index contributed by atoms with van der Waals surface area (Å²) >= 11 is 1.03. The number of likely N-dealkylation sites (tertiary alicyclic amines) is 1. The number of β-amino-alcohol motifs (C(OH)–C–C–N with tert-alkyl or cyclic N) is 1. The van der Waals surface area contributed by atoms with Crippen molar-refractivity contribution in [2.45, 2.75) is 49.0 Å². The number of hydrogen-bond donors (Lipinski definition) is 2. The monoisotopic (exact) mass is 680 g/mol. The molecule has 47 heavy (non-hydrogen) atoms. The van der Waals surface area contributed by atoms with Crippen molar-refractivity contribution in [3.05, 3.63) is 59.3 Å². The first-order valence-electron chi connectivity index (χ1n) is 16.0. The predicted octanol–water partition coefficient (Wildman–Crippen LogP) is 4.84. The maximum atomic E-state index is 14.0. The lowest BCUT2D eigenvalue weighted by Crippen LogP contribution is -2.49. The summed E-state index contributed by atoms with van der Waals surface area (Å²) in [6.45, 7) is 5.44. The van der Waals surface area contributed by atoms with Gasteiger partial charge in [-0.1, -0.05) is 12.1 Å². The van der Waals surface area contributed by atoms with Crippen LogP contribution in [-0.4, -0.2) is 108 Å². The van der Waals surface area contributed by atoms with Crippen molar-refractivity contribution < 1.29 is 31.8 Å². The molecule has 6 rings (SSSR count). The van der Waals surface area contributed by atoms with E-state index in [4.69, 9.17) is 9.84 Å². The minimum Gasteiger partial charge on any atom is -0.497 e. The van der Waals surface area contributed by atoms with Crippen molar-refractivity contribution in [3.8, 4) is 17.0 Å². The topological polar surface area (TPSA) is 69.0 Å². The van der Waals surface area contributed by atoms with Gasteiger partial charge in [-0.25, -0.2) is 8.78 Å². The summed E-state index contributed by atoms with van der Waals surface area (Å²) in [4.78, 5) is 6.19. The fraction of sp³-hybridized carbons (Fsp3) is 0.545. The number of nitrogens with zero attached hydrogens (tertiary/aromatic N) is 5. The molecule has 2 saturated heterocycles. The van der Waals surface area contributed by atoms with Crippen molar-refractivity contribution in [2.24, 2.45) is 0 Å². The molecule has 1 aromatic heterocycles. The number of ether oxygens (including phenoxy) is 1. The Morgan fingerprint density at radius 1 is 1.04 bits per heavy atom. The number of alkyl halides is 5. The summed E-state index contributed by atoms with van der Waals surface area (Å²) in [5.41, 5.74) is 3.42. The minimum absolute atomic E-state index is 0.0566. The highest BCUT2D eigenvalue weighted by molar-refractivity contribution is 7.99. The highest BCUT2D eigenvalue weighted by Gasteiger charge is 2.38. The summed E-state index contributed by atoms with van der Waals surface area (Å²) < 4.78 is 76.3. The molecule has 2 N–H and O–H groups in total. The average molecular weight is 681 g/mol. The summed E-state index contributed by atoms with van der Waals surface area (Å²) in [6, 6.07) is 12.0. The second kappa shape index (κ2) is 14.3. The van der Waals surface area contributed by atoms with Gasteiger partial charge < -0.3 is 20.1 Å². The van der Waals surface area contributed by atoms with Crippen molar-refractivity contribution in [1.82, 2.24) is 24.9 Å². The molecule has 14 heteroatoms. The van der Waals surface area contributed by atoms with Gasteiger partial charge in [0.2, 0.25) is 0 Å². The van der Waals surface area contributed by atoms with E-state index >= 15 is 0 Å². The van der Waals surface area contributed by atoms with Gasteiger partial charge in [0.15, 0.2) is 0 Å². The Balaban J connectivity index is 1.13. The van der Waals surface area contributed by atoms with Crippen LogP contribution in [-0.2, 0) is 25.7 Å². The van der Waals surface area contributed by atoms with Crippen molar-refractivity contribution >= 4 is 17.4 Å². The van der Waals surface area contributed by atoms with Gasteiger partial charge in [0.05, 0.1) is 37.6 Å². The van der Waals surface area contributed by atoms with E-state index in [0.717, 1.165) is 73.2 Å². The van der Waals surface area contributed by atoms with E-state index in [9.17, 15) is 27.1 Å². The normalized spacial score (nSPS) is 19.6. The predicted molar refractivity (Wildman–Crippen MR) is 172 cm³/mol. The molecule has 3 aromatic rings. The van der Waals surface area contributed by atoms with Crippen molar-refractivity contribution in [3.63, 3.8) is 0 Å². The molecule has 0 radical (unpaired) electrons. The van der Waals surface area contributed by atoms with Crippen LogP contribution < -0.4 is 15.0 Å². The fourth-order valence-electron chi connectivity index (χ4n) is 6.66. The number of thioether (sulfide) groups is 1. The molecule has 3 aliphatic heterocycles. The van der Waals surface area contributed by atoms with Gasteiger partial charge in [-0.2, -0.15) is 18.3 Å². The van der Waals surface area contributed by atoms with E-state index < -0.39 is 23.8 Å². The minimum atomic E-state index is -4.55. The summed E-state index contributed by atoms with van der Waals surface area (Å²) in [7, 11) is 1.65. The molecule has 0 spiro atoms. The highest BCUT2D eigenvalue weighted by atomic mass is 32.2. The van der Waals surface area contributed by atoms with E-state index in [1.165, 1.54) is 12.1 Å². The molecular weight excluding hydrogens is 639 g/mol. The molecule has 0 saturated carbocycles. The van der Waals surface area contributed by atoms with Gasteiger partial charge in [-0.05, 0) is 24.3 Å². The molecular formula is C33H41F5N6O2S. The van der Waals surface area contributed by atoms with E-state index in [0.29, 0.717) is 30.8 Å². The quantitative estimate of drug-likeness (QED) is 0.221. The lowest BCUT2D eigenvalue weighted by atomic mass is 10.0.